The maximum absolute atomic E-state index is 5.23. The molecule has 1 fully saturated rings. The summed E-state index contributed by atoms with van der Waals surface area (Å²) >= 11 is 0. The Balaban J connectivity index is 1.68. The zero-order valence-electron chi connectivity index (χ0n) is 13.2. The van der Waals surface area contributed by atoms with Crippen molar-refractivity contribution in [2.45, 2.75) is 32.7 Å². The zero-order valence-corrected chi connectivity index (χ0v) is 13.2. The third kappa shape index (κ3) is 3.30. The summed E-state index contributed by atoms with van der Waals surface area (Å²) in [6.07, 6.45) is 3.86. The van der Waals surface area contributed by atoms with Crippen molar-refractivity contribution >= 4 is 10.9 Å². The number of nitrogens with one attached hydrogen (secondary N) is 1. The van der Waals surface area contributed by atoms with E-state index in [4.69, 9.17) is 4.74 Å². The highest BCUT2D eigenvalue weighted by atomic mass is 16.5. The number of aromatic nitrogens is 1. The van der Waals surface area contributed by atoms with Gasteiger partial charge in [-0.25, -0.2) is 0 Å². The van der Waals surface area contributed by atoms with Gasteiger partial charge in [0.2, 0.25) is 0 Å². The van der Waals surface area contributed by atoms with Crippen LogP contribution in [0.15, 0.2) is 24.3 Å². The molecule has 3 heteroatoms. The third-order valence-corrected chi connectivity index (χ3v) is 4.78. The predicted molar refractivity (Wildman–Crippen MR) is 87.5 cm³/mol. The molecule has 0 radical (unpaired) electrons. The molecule has 1 atom stereocenters. The van der Waals surface area contributed by atoms with Crippen LogP contribution in [0.2, 0.25) is 0 Å². The van der Waals surface area contributed by atoms with Crippen molar-refractivity contribution in [3.63, 3.8) is 0 Å². The molecular formula is C18H26N2O. The highest BCUT2D eigenvalue weighted by molar-refractivity contribution is 5.84. The number of aromatic amines is 1. The molecule has 114 valence electrons. The van der Waals surface area contributed by atoms with Gasteiger partial charge < -0.3 is 9.72 Å². The molecule has 3 rings (SSSR count). The first-order valence-corrected chi connectivity index (χ1v) is 8.05. The number of hydrogen-bond acceptors (Lipinski definition) is 2. The predicted octanol–water partition coefficient (Wildman–Crippen LogP) is 3.72. The minimum absolute atomic E-state index is 0.795. The zero-order chi connectivity index (χ0) is 14.7. The summed E-state index contributed by atoms with van der Waals surface area (Å²) in [5, 5.41) is 1.36. The minimum atomic E-state index is 0.795. The Hall–Kier alpha value is -1.32. The molecule has 0 spiro atoms. The number of methoxy groups -OCH3 is 1. The van der Waals surface area contributed by atoms with Crippen molar-refractivity contribution < 1.29 is 4.74 Å². The van der Waals surface area contributed by atoms with E-state index in [9.17, 15) is 0 Å². The standard InChI is InChI=1S/C18H26N2O/c1-14-16-7-3-4-8-17(16)19-18(14)13-20-10-5-6-15(12-20)9-11-21-2/h3-4,7-8,15,19H,5-6,9-13H2,1-2H3/t15-/m1/s1. The average Bonchev–Trinajstić information content (AvgIpc) is 2.82. The Kier molecular flexibility index (Phi) is 4.61. The Morgan fingerprint density at radius 1 is 1.33 bits per heavy atom. The largest absolute Gasteiger partial charge is 0.385 e. The van der Waals surface area contributed by atoms with Crippen molar-refractivity contribution in [2.75, 3.05) is 26.8 Å². The highest BCUT2D eigenvalue weighted by Crippen LogP contribution is 2.25. The van der Waals surface area contributed by atoms with E-state index in [1.54, 1.807) is 7.11 Å². The van der Waals surface area contributed by atoms with Crippen LogP contribution in [-0.2, 0) is 11.3 Å². The van der Waals surface area contributed by atoms with Gasteiger partial charge in [-0.3, -0.25) is 4.90 Å². The lowest BCUT2D eigenvalue weighted by Crippen LogP contribution is -2.35. The summed E-state index contributed by atoms with van der Waals surface area (Å²) in [6, 6.07) is 8.60. The summed E-state index contributed by atoms with van der Waals surface area (Å²) in [7, 11) is 1.80. The molecule has 1 N–H and O–H groups in total. The number of hydrogen-bond donors (Lipinski definition) is 1. The summed E-state index contributed by atoms with van der Waals surface area (Å²) in [4.78, 5) is 6.20. The molecule has 1 aliphatic rings. The van der Waals surface area contributed by atoms with Crippen LogP contribution in [0.25, 0.3) is 10.9 Å². The number of rotatable bonds is 5. The number of H-pyrrole nitrogens is 1. The van der Waals surface area contributed by atoms with Crippen LogP contribution in [0.5, 0.6) is 0 Å². The fraction of sp³-hybridized carbons (Fsp3) is 0.556. The summed E-state index contributed by atoms with van der Waals surface area (Å²) in [5.41, 5.74) is 4.05. The van der Waals surface area contributed by atoms with Gasteiger partial charge in [-0.2, -0.15) is 0 Å². The fourth-order valence-electron chi connectivity index (χ4n) is 3.53. The summed E-state index contributed by atoms with van der Waals surface area (Å²) in [6.45, 7) is 6.60. The number of nitrogens with zero attached hydrogens (tertiary/aromatic N) is 1. The molecule has 0 amide bonds. The van der Waals surface area contributed by atoms with Gasteiger partial charge in [0.1, 0.15) is 0 Å². The van der Waals surface area contributed by atoms with Crippen LogP contribution in [0, 0.1) is 12.8 Å². The molecule has 1 saturated heterocycles. The second-order valence-corrected chi connectivity index (χ2v) is 6.30. The molecule has 21 heavy (non-hydrogen) atoms. The van der Waals surface area contributed by atoms with Crippen LogP contribution < -0.4 is 0 Å². The molecule has 0 saturated carbocycles. The first-order valence-electron chi connectivity index (χ1n) is 8.05. The second-order valence-electron chi connectivity index (χ2n) is 6.30. The van der Waals surface area contributed by atoms with E-state index in [1.165, 1.54) is 54.5 Å². The molecule has 0 bridgehead atoms. The second kappa shape index (κ2) is 6.63. The van der Waals surface area contributed by atoms with E-state index in [0.29, 0.717) is 0 Å². The van der Waals surface area contributed by atoms with Crippen LogP contribution >= 0.6 is 0 Å². The minimum Gasteiger partial charge on any atom is -0.385 e. The molecule has 2 aromatic rings. The summed E-state index contributed by atoms with van der Waals surface area (Å²) in [5.74, 6) is 0.795. The van der Waals surface area contributed by atoms with Crippen LogP contribution in [0.4, 0.5) is 0 Å². The average molecular weight is 286 g/mol. The van der Waals surface area contributed by atoms with Crippen molar-refractivity contribution in [3.8, 4) is 0 Å². The molecular weight excluding hydrogens is 260 g/mol. The number of ether oxygens (including phenoxy) is 1. The molecule has 1 aromatic heterocycles. The Morgan fingerprint density at radius 2 is 2.19 bits per heavy atom. The van der Waals surface area contributed by atoms with E-state index < -0.39 is 0 Å². The van der Waals surface area contributed by atoms with Crippen molar-refractivity contribution in [2.24, 2.45) is 5.92 Å². The molecule has 0 unspecified atom stereocenters. The number of benzene rings is 1. The molecule has 2 heterocycles. The quantitative estimate of drug-likeness (QED) is 0.907. The van der Waals surface area contributed by atoms with E-state index in [-0.39, 0.29) is 0 Å². The van der Waals surface area contributed by atoms with Crippen LogP contribution in [0.3, 0.4) is 0 Å². The molecule has 1 aromatic carbocycles. The highest BCUT2D eigenvalue weighted by Gasteiger charge is 2.21. The first-order chi connectivity index (χ1) is 10.3. The number of piperidine rings is 1. The van der Waals surface area contributed by atoms with Crippen LogP contribution in [-0.4, -0.2) is 36.7 Å². The van der Waals surface area contributed by atoms with Gasteiger partial charge in [0, 0.05) is 43.4 Å². The van der Waals surface area contributed by atoms with E-state index in [1.807, 2.05) is 0 Å². The number of likely N-dealkylation sites (tertiary alicyclic amines) is 1. The van der Waals surface area contributed by atoms with E-state index in [0.717, 1.165) is 19.1 Å². The van der Waals surface area contributed by atoms with E-state index >= 15 is 0 Å². The van der Waals surface area contributed by atoms with Gasteiger partial charge in [0.05, 0.1) is 0 Å². The number of aryl methyl sites for hydroxylation is 1. The van der Waals surface area contributed by atoms with Gasteiger partial charge in [-0.15, -0.1) is 0 Å². The molecule has 1 aliphatic heterocycles. The van der Waals surface area contributed by atoms with Crippen molar-refractivity contribution in [1.82, 2.24) is 9.88 Å². The lowest BCUT2D eigenvalue weighted by Gasteiger charge is -2.32. The smallest absolute Gasteiger partial charge is 0.0465 e. The maximum atomic E-state index is 5.23. The van der Waals surface area contributed by atoms with Gasteiger partial charge in [-0.1, -0.05) is 18.2 Å². The molecule has 3 nitrogen and oxygen atoms in total. The first kappa shape index (κ1) is 14.6. The Morgan fingerprint density at radius 3 is 3.00 bits per heavy atom. The van der Waals surface area contributed by atoms with Gasteiger partial charge in [-0.05, 0) is 50.3 Å². The Labute approximate surface area is 127 Å². The van der Waals surface area contributed by atoms with Crippen molar-refractivity contribution in [3.05, 3.63) is 35.5 Å². The van der Waals surface area contributed by atoms with E-state index in [2.05, 4.69) is 41.1 Å². The monoisotopic (exact) mass is 286 g/mol. The third-order valence-electron chi connectivity index (χ3n) is 4.78. The topological polar surface area (TPSA) is 28.3 Å². The lowest BCUT2D eigenvalue weighted by atomic mass is 9.95. The Bertz CT molecular complexity index is 590. The van der Waals surface area contributed by atoms with Crippen LogP contribution in [0.1, 0.15) is 30.5 Å². The molecule has 0 aliphatic carbocycles. The number of para-hydroxylation sites is 1. The van der Waals surface area contributed by atoms with Gasteiger partial charge >= 0.3 is 0 Å². The normalized spacial score (nSPS) is 20.2. The lowest BCUT2D eigenvalue weighted by molar-refractivity contribution is 0.122. The summed E-state index contributed by atoms with van der Waals surface area (Å²) < 4.78 is 5.23. The van der Waals surface area contributed by atoms with Gasteiger partial charge in [0.25, 0.3) is 0 Å². The maximum Gasteiger partial charge on any atom is 0.0465 e. The van der Waals surface area contributed by atoms with Gasteiger partial charge in [0.15, 0.2) is 0 Å². The van der Waals surface area contributed by atoms with Crippen molar-refractivity contribution in [1.29, 1.82) is 0 Å². The fourth-order valence-corrected chi connectivity index (χ4v) is 3.53. The SMILES string of the molecule is COCC[C@H]1CCCN(Cc2[nH]c3ccccc3c2C)C1. The number of fused-ring (bicyclic) bond motifs is 1.